The molecule has 2 fully saturated rings. The molecule has 0 amide bonds. The second-order valence-corrected chi connectivity index (χ2v) is 9.99. The van der Waals surface area contributed by atoms with Crippen LogP contribution in [0.3, 0.4) is 0 Å². The average Bonchev–Trinajstić information content (AvgIpc) is 3.11. The Kier molecular flexibility index (Phi) is 7.18. The molecule has 1 unspecified atom stereocenters. The summed E-state index contributed by atoms with van der Waals surface area (Å²) >= 11 is 0. The molecule has 5 atom stereocenters. The summed E-state index contributed by atoms with van der Waals surface area (Å²) in [5.74, 6) is -0.824. The third-order valence-corrected chi connectivity index (χ3v) is 6.99. The van der Waals surface area contributed by atoms with E-state index in [9.17, 15) is 9.59 Å². The summed E-state index contributed by atoms with van der Waals surface area (Å²) in [7, 11) is 0.331. The molecule has 0 saturated carbocycles. The van der Waals surface area contributed by atoms with E-state index in [1.165, 1.54) is 16.8 Å². The van der Waals surface area contributed by atoms with Gasteiger partial charge in [0.2, 0.25) is 0 Å². The van der Waals surface area contributed by atoms with Crippen molar-refractivity contribution < 1.29 is 23.3 Å². The zero-order valence-corrected chi connectivity index (χ0v) is 19.4. The van der Waals surface area contributed by atoms with Gasteiger partial charge in [0.25, 0.3) is 14.1 Å². The molecule has 30 heavy (non-hydrogen) atoms. The number of nitrogens with zero attached hydrogens (tertiary/aromatic N) is 2. The zero-order valence-electron chi connectivity index (χ0n) is 18.5. The Balaban J connectivity index is 1.79. The predicted octanol–water partition coefficient (Wildman–Crippen LogP) is 1.96. The summed E-state index contributed by atoms with van der Waals surface area (Å²) in [5, 5.41) is 0. The van der Waals surface area contributed by atoms with Gasteiger partial charge in [0.15, 0.2) is 12.0 Å². The third kappa shape index (κ3) is 4.85. The standard InChI is InChI=1S/C19H32N3O7P/c1-11(2)22(12(3)4)30(25-7)26-10-13-15-16(29-19(5,6)28-15)17(27-13)21-9-8-14(23)20-18(21)24/h8-9,11-13,15-17H,10H2,1-7H3,(H,20,23,24)/t13-,15-,16-,17-,30?/m1/s1. The van der Waals surface area contributed by atoms with Crippen molar-refractivity contribution in [3.8, 4) is 0 Å². The maximum atomic E-state index is 12.3. The Morgan fingerprint density at radius 1 is 1.20 bits per heavy atom. The van der Waals surface area contributed by atoms with E-state index in [2.05, 4.69) is 37.3 Å². The van der Waals surface area contributed by atoms with Gasteiger partial charge in [-0.3, -0.25) is 14.3 Å². The Bertz CT molecular complexity index is 832. The lowest BCUT2D eigenvalue weighted by Crippen LogP contribution is -2.37. The van der Waals surface area contributed by atoms with Gasteiger partial charge >= 0.3 is 5.69 Å². The number of rotatable bonds is 8. The Morgan fingerprint density at radius 2 is 1.83 bits per heavy atom. The number of H-pyrrole nitrogens is 1. The molecule has 0 bridgehead atoms. The second kappa shape index (κ2) is 9.16. The molecule has 3 rings (SSSR count). The molecule has 10 nitrogen and oxygen atoms in total. The highest BCUT2D eigenvalue weighted by molar-refractivity contribution is 7.44. The highest BCUT2D eigenvalue weighted by Gasteiger charge is 2.56. The van der Waals surface area contributed by atoms with Crippen molar-refractivity contribution >= 4 is 8.53 Å². The number of hydrogen-bond acceptors (Lipinski definition) is 8. The van der Waals surface area contributed by atoms with E-state index >= 15 is 0 Å². The van der Waals surface area contributed by atoms with E-state index in [-0.39, 0.29) is 18.7 Å². The van der Waals surface area contributed by atoms with E-state index < -0.39 is 50.1 Å². The van der Waals surface area contributed by atoms with Crippen LogP contribution in [0.2, 0.25) is 0 Å². The molecule has 0 spiro atoms. The van der Waals surface area contributed by atoms with Crippen molar-refractivity contribution in [2.24, 2.45) is 0 Å². The second-order valence-electron chi connectivity index (χ2n) is 8.43. The molecule has 0 aliphatic carbocycles. The average molecular weight is 445 g/mol. The summed E-state index contributed by atoms with van der Waals surface area (Å²) in [6.45, 7) is 12.2. The molecule has 170 valence electrons. The van der Waals surface area contributed by atoms with Crippen LogP contribution in [0.4, 0.5) is 0 Å². The van der Waals surface area contributed by atoms with E-state index in [1.54, 1.807) is 7.11 Å². The molecule has 2 aliphatic heterocycles. The number of nitrogens with one attached hydrogen (secondary N) is 1. The first-order valence-electron chi connectivity index (χ1n) is 10.1. The lowest BCUT2D eigenvalue weighted by Gasteiger charge is -2.35. The van der Waals surface area contributed by atoms with E-state index in [0.29, 0.717) is 0 Å². The lowest BCUT2D eigenvalue weighted by molar-refractivity contribution is -0.200. The summed E-state index contributed by atoms with van der Waals surface area (Å²) in [5.41, 5.74) is -1.03. The Labute approximate surface area is 177 Å². The van der Waals surface area contributed by atoms with Crippen molar-refractivity contribution in [3.05, 3.63) is 33.1 Å². The minimum Gasteiger partial charge on any atom is -0.346 e. The molecular formula is C19H32N3O7P. The van der Waals surface area contributed by atoms with Crippen LogP contribution in [-0.2, 0) is 23.3 Å². The van der Waals surface area contributed by atoms with Gasteiger partial charge in [0.1, 0.15) is 18.3 Å². The fourth-order valence-electron chi connectivity index (χ4n) is 3.97. The Hall–Kier alpha value is -1.13. The first kappa shape index (κ1) is 23.5. The smallest absolute Gasteiger partial charge is 0.330 e. The molecule has 2 saturated heterocycles. The highest BCUT2D eigenvalue weighted by Crippen LogP contribution is 2.47. The van der Waals surface area contributed by atoms with Crippen molar-refractivity contribution in [2.75, 3.05) is 13.7 Å². The summed E-state index contributed by atoms with van der Waals surface area (Å²) < 4.78 is 33.5. The van der Waals surface area contributed by atoms with Crippen molar-refractivity contribution in [1.29, 1.82) is 0 Å². The molecule has 0 aromatic carbocycles. The predicted molar refractivity (Wildman–Crippen MR) is 111 cm³/mol. The maximum absolute atomic E-state index is 12.3. The van der Waals surface area contributed by atoms with E-state index in [0.717, 1.165) is 0 Å². The van der Waals surface area contributed by atoms with Crippen LogP contribution in [0.25, 0.3) is 0 Å². The quantitative estimate of drug-likeness (QED) is 0.606. The summed E-state index contributed by atoms with van der Waals surface area (Å²) in [6, 6.07) is 1.76. The number of aromatic nitrogens is 2. The van der Waals surface area contributed by atoms with Gasteiger partial charge in [-0.05, 0) is 41.5 Å². The monoisotopic (exact) mass is 445 g/mol. The lowest BCUT2D eigenvalue weighted by atomic mass is 10.1. The van der Waals surface area contributed by atoms with Crippen molar-refractivity contribution in [2.45, 2.75) is 84.0 Å². The SMILES string of the molecule is COP(OC[C@H]1O[C@@H](n2ccc(=O)[nH]c2=O)[C@@H]2OC(C)(C)O[C@@H]21)N(C(C)C)C(C)C. The van der Waals surface area contributed by atoms with Crippen LogP contribution in [0.1, 0.15) is 47.8 Å². The molecule has 0 radical (unpaired) electrons. The summed E-state index contributed by atoms with van der Waals surface area (Å²) in [6.07, 6.45) is -0.750. The maximum Gasteiger partial charge on any atom is 0.330 e. The number of hydrogen-bond donors (Lipinski definition) is 1. The first-order chi connectivity index (χ1) is 14.0. The van der Waals surface area contributed by atoms with Gasteiger partial charge in [0, 0.05) is 31.5 Å². The molecule has 2 aliphatic rings. The van der Waals surface area contributed by atoms with Gasteiger partial charge in [-0.15, -0.1) is 0 Å². The van der Waals surface area contributed by atoms with Crippen molar-refractivity contribution in [3.63, 3.8) is 0 Å². The Morgan fingerprint density at radius 3 is 2.40 bits per heavy atom. The molecular weight excluding hydrogens is 413 g/mol. The van der Waals surface area contributed by atoms with Crippen LogP contribution in [0.15, 0.2) is 21.9 Å². The first-order valence-corrected chi connectivity index (χ1v) is 11.2. The van der Waals surface area contributed by atoms with Crippen LogP contribution in [-0.4, -0.2) is 64.1 Å². The van der Waals surface area contributed by atoms with Gasteiger partial charge in [-0.2, -0.15) is 0 Å². The molecule has 11 heteroatoms. The van der Waals surface area contributed by atoms with E-state index in [4.69, 9.17) is 23.3 Å². The fraction of sp³-hybridized carbons (Fsp3) is 0.789. The third-order valence-electron chi connectivity index (χ3n) is 5.00. The molecule has 1 aromatic rings. The fourth-order valence-corrected chi connectivity index (χ4v) is 5.43. The molecule has 3 heterocycles. The van der Waals surface area contributed by atoms with Gasteiger partial charge in [0.05, 0.1) is 6.61 Å². The van der Waals surface area contributed by atoms with Crippen LogP contribution < -0.4 is 11.2 Å². The minimum atomic E-state index is -1.30. The van der Waals surface area contributed by atoms with Crippen LogP contribution >= 0.6 is 8.53 Å². The number of aromatic amines is 1. The highest BCUT2D eigenvalue weighted by atomic mass is 31.2. The van der Waals surface area contributed by atoms with Gasteiger partial charge in [-0.25, -0.2) is 9.46 Å². The van der Waals surface area contributed by atoms with Gasteiger partial charge in [-0.1, -0.05) is 0 Å². The zero-order chi connectivity index (χ0) is 22.2. The minimum absolute atomic E-state index is 0.213. The topological polar surface area (TPSA) is 104 Å². The largest absolute Gasteiger partial charge is 0.346 e. The van der Waals surface area contributed by atoms with Crippen LogP contribution in [0, 0.1) is 0 Å². The summed E-state index contributed by atoms with van der Waals surface area (Å²) in [4.78, 5) is 26.0. The molecule has 1 N–H and O–H groups in total. The van der Waals surface area contributed by atoms with Crippen molar-refractivity contribution in [1.82, 2.24) is 14.2 Å². The normalized spacial score (nSPS) is 29.1. The van der Waals surface area contributed by atoms with E-state index in [1.807, 2.05) is 13.8 Å². The molecule has 1 aromatic heterocycles. The van der Waals surface area contributed by atoms with Gasteiger partial charge < -0.3 is 23.3 Å². The number of fused-ring (bicyclic) bond motifs is 1. The van der Waals surface area contributed by atoms with Crippen LogP contribution in [0.5, 0.6) is 0 Å². The number of ether oxygens (including phenoxy) is 3.